The number of halogens is 2. The molecule has 2 N–H and O–H groups in total. The van der Waals surface area contributed by atoms with Gasteiger partial charge in [-0.05, 0) is 51.5 Å². The highest BCUT2D eigenvalue weighted by atomic mass is 127. The van der Waals surface area contributed by atoms with Gasteiger partial charge in [0.05, 0.1) is 34.3 Å². The molecule has 0 saturated carbocycles. The highest BCUT2D eigenvalue weighted by Gasteiger charge is 2.24. The molecule has 1 aromatic heterocycles. The fraction of sp³-hybridized carbons (Fsp3) is 0.360. The van der Waals surface area contributed by atoms with Crippen molar-refractivity contribution in [2.45, 2.75) is 41.3 Å². The van der Waals surface area contributed by atoms with Crippen LogP contribution in [0.25, 0.3) is 0 Å². The van der Waals surface area contributed by atoms with Crippen molar-refractivity contribution >= 4 is 72.9 Å². The molecule has 1 fully saturated rings. The van der Waals surface area contributed by atoms with E-state index in [0.717, 1.165) is 24.5 Å². The van der Waals surface area contributed by atoms with Gasteiger partial charge in [-0.25, -0.2) is 13.4 Å². The predicted octanol–water partition coefficient (Wildman–Crippen LogP) is 6.21. The van der Waals surface area contributed by atoms with Gasteiger partial charge in [-0.3, -0.25) is 0 Å². The number of rotatable bonds is 9. The fourth-order valence-electron chi connectivity index (χ4n) is 3.87. The van der Waals surface area contributed by atoms with Gasteiger partial charge < -0.3 is 20.3 Å². The van der Waals surface area contributed by atoms with Crippen LogP contribution in [-0.2, 0) is 9.84 Å². The summed E-state index contributed by atoms with van der Waals surface area (Å²) in [5.74, 6) is 1.29. The van der Waals surface area contributed by atoms with Crippen molar-refractivity contribution in [1.82, 2.24) is 9.97 Å². The Balaban J connectivity index is 1.61. The van der Waals surface area contributed by atoms with Crippen molar-refractivity contribution in [2.24, 2.45) is 0 Å². The minimum atomic E-state index is -3.51. The van der Waals surface area contributed by atoms with E-state index in [-0.39, 0.29) is 9.92 Å². The fourth-order valence-corrected chi connectivity index (χ4v) is 5.97. The molecule has 0 unspecified atom stereocenters. The maximum absolute atomic E-state index is 12.8. The van der Waals surface area contributed by atoms with E-state index in [4.69, 9.17) is 16.3 Å². The quantitative estimate of drug-likeness (QED) is 0.210. The molecule has 0 amide bonds. The number of para-hydroxylation sites is 1. The summed E-state index contributed by atoms with van der Waals surface area (Å²) in [4.78, 5) is 11.4. The van der Waals surface area contributed by atoms with E-state index in [1.807, 2.05) is 19.1 Å². The lowest BCUT2D eigenvalue weighted by Gasteiger charge is -2.20. The Bertz CT molecular complexity index is 1340. The largest absolute Gasteiger partial charge is 0.492 e. The zero-order valence-corrected chi connectivity index (χ0v) is 24.1. The standard InChI is InChI=1S/C25H29ClIN5O3S/c1-4-35-22-13-18(32-12-11-17(27)15-32)9-10-20(22)30-25-28-14-19(26)24(31-25)29-21-7-5-6-8-23(21)36(33,34)16(2)3/h5-10,13-14,16-17H,4,11-12,15H2,1-3H3,(H2,28,29,30,31)/t17-/m1/s1. The second kappa shape index (κ2) is 11.4. The number of ether oxygens (including phenoxy) is 1. The minimum absolute atomic E-state index is 0.189. The van der Waals surface area contributed by atoms with E-state index < -0.39 is 15.1 Å². The van der Waals surface area contributed by atoms with E-state index in [0.29, 0.717) is 33.7 Å². The average Bonchev–Trinajstić information content (AvgIpc) is 3.29. The predicted molar refractivity (Wildman–Crippen MR) is 155 cm³/mol. The number of hydrogen-bond donors (Lipinski definition) is 2. The van der Waals surface area contributed by atoms with Gasteiger partial charge in [0.2, 0.25) is 5.95 Å². The van der Waals surface area contributed by atoms with Crippen molar-refractivity contribution in [3.05, 3.63) is 53.7 Å². The molecule has 3 aromatic rings. The monoisotopic (exact) mass is 641 g/mol. The molecule has 0 radical (unpaired) electrons. The van der Waals surface area contributed by atoms with Gasteiger partial charge in [0, 0.05) is 28.8 Å². The lowest BCUT2D eigenvalue weighted by molar-refractivity contribution is 0.342. The molecule has 8 nitrogen and oxygen atoms in total. The maximum Gasteiger partial charge on any atom is 0.229 e. The summed E-state index contributed by atoms with van der Waals surface area (Å²) in [6, 6.07) is 12.7. The van der Waals surface area contributed by atoms with Gasteiger partial charge in [0.25, 0.3) is 0 Å². The Morgan fingerprint density at radius 1 is 1.19 bits per heavy atom. The number of hydrogen-bond acceptors (Lipinski definition) is 8. The highest BCUT2D eigenvalue weighted by Crippen LogP contribution is 2.35. The lowest BCUT2D eigenvalue weighted by Crippen LogP contribution is -2.19. The summed E-state index contributed by atoms with van der Waals surface area (Å²) < 4.78 is 32.2. The van der Waals surface area contributed by atoms with Crippen LogP contribution >= 0.6 is 34.2 Å². The topological polar surface area (TPSA) is 96.5 Å². The molecule has 1 saturated heterocycles. The van der Waals surface area contributed by atoms with E-state index >= 15 is 0 Å². The van der Waals surface area contributed by atoms with Crippen LogP contribution < -0.4 is 20.3 Å². The number of benzene rings is 2. The molecule has 2 aromatic carbocycles. The Kier molecular flexibility index (Phi) is 8.46. The second-order valence-electron chi connectivity index (χ2n) is 8.68. The van der Waals surface area contributed by atoms with Crippen molar-refractivity contribution < 1.29 is 13.2 Å². The third-order valence-corrected chi connectivity index (χ3v) is 9.32. The first kappa shape index (κ1) is 26.7. The van der Waals surface area contributed by atoms with Gasteiger partial charge in [0.15, 0.2) is 15.7 Å². The lowest BCUT2D eigenvalue weighted by atomic mass is 10.2. The van der Waals surface area contributed by atoms with Crippen LogP contribution in [0.1, 0.15) is 27.2 Å². The molecule has 4 rings (SSSR count). The van der Waals surface area contributed by atoms with E-state index in [1.54, 1.807) is 38.1 Å². The summed E-state index contributed by atoms with van der Waals surface area (Å²) in [6.45, 7) is 7.80. The van der Waals surface area contributed by atoms with Gasteiger partial charge >= 0.3 is 0 Å². The van der Waals surface area contributed by atoms with Gasteiger partial charge in [0.1, 0.15) is 10.8 Å². The maximum atomic E-state index is 12.8. The first-order valence-electron chi connectivity index (χ1n) is 11.7. The molecule has 192 valence electrons. The Hall–Kier alpha value is -2.31. The number of anilines is 5. The van der Waals surface area contributed by atoms with Crippen molar-refractivity contribution in [2.75, 3.05) is 35.2 Å². The molecular formula is C25H29ClIN5O3S. The average molecular weight is 642 g/mol. The molecule has 0 aliphatic carbocycles. The number of sulfone groups is 1. The third-order valence-electron chi connectivity index (χ3n) is 5.82. The summed E-state index contributed by atoms with van der Waals surface area (Å²) in [5, 5.41) is 5.99. The molecule has 2 heterocycles. The molecule has 0 bridgehead atoms. The summed E-state index contributed by atoms with van der Waals surface area (Å²) in [5.41, 5.74) is 2.24. The van der Waals surface area contributed by atoms with Crippen LogP contribution in [0.15, 0.2) is 53.6 Å². The Morgan fingerprint density at radius 2 is 1.97 bits per heavy atom. The van der Waals surface area contributed by atoms with Crippen LogP contribution in [0.2, 0.25) is 5.02 Å². The third kappa shape index (κ3) is 5.97. The number of nitrogens with one attached hydrogen (secondary N) is 2. The zero-order valence-electron chi connectivity index (χ0n) is 20.3. The van der Waals surface area contributed by atoms with Gasteiger partial charge in [-0.2, -0.15) is 4.98 Å². The molecule has 1 aliphatic heterocycles. The van der Waals surface area contributed by atoms with Gasteiger partial charge in [-0.15, -0.1) is 0 Å². The first-order chi connectivity index (χ1) is 17.2. The Labute approximate surface area is 230 Å². The van der Waals surface area contributed by atoms with Crippen LogP contribution in [0.3, 0.4) is 0 Å². The second-order valence-corrected chi connectivity index (χ2v) is 13.3. The van der Waals surface area contributed by atoms with Crippen LogP contribution in [0.4, 0.5) is 28.8 Å². The van der Waals surface area contributed by atoms with Crippen LogP contribution in [0.5, 0.6) is 5.75 Å². The van der Waals surface area contributed by atoms with Crippen LogP contribution in [0, 0.1) is 0 Å². The van der Waals surface area contributed by atoms with E-state index in [9.17, 15) is 8.42 Å². The smallest absolute Gasteiger partial charge is 0.229 e. The van der Waals surface area contributed by atoms with Crippen molar-refractivity contribution in [3.63, 3.8) is 0 Å². The number of alkyl halides is 1. The summed E-state index contributed by atoms with van der Waals surface area (Å²) in [7, 11) is -3.51. The summed E-state index contributed by atoms with van der Waals surface area (Å²) >= 11 is 8.86. The molecule has 11 heteroatoms. The number of aromatic nitrogens is 2. The normalized spacial score (nSPS) is 15.8. The molecule has 36 heavy (non-hydrogen) atoms. The first-order valence-corrected chi connectivity index (χ1v) is 14.9. The SMILES string of the molecule is CCOc1cc(N2CC[C@@H](I)C2)ccc1Nc1ncc(Cl)c(Nc2ccccc2S(=O)(=O)C(C)C)n1. The van der Waals surface area contributed by atoms with E-state index in [2.05, 4.69) is 54.2 Å². The van der Waals surface area contributed by atoms with Crippen molar-refractivity contribution in [1.29, 1.82) is 0 Å². The molecular weight excluding hydrogens is 613 g/mol. The highest BCUT2D eigenvalue weighted by molar-refractivity contribution is 14.1. The molecule has 0 spiro atoms. The number of nitrogens with zero attached hydrogens (tertiary/aromatic N) is 3. The van der Waals surface area contributed by atoms with Gasteiger partial charge in [-0.1, -0.05) is 46.3 Å². The molecule has 1 atom stereocenters. The minimum Gasteiger partial charge on any atom is -0.492 e. The summed E-state index contributed by atoms with van der Waals surface area (Å²) in [6.07, 6.45) is 2.64. The zero-order chi connectivity index (χ0) is 25.9. The van der Waals surface area contributed by atoms with E-state index in [1.165, 1.54) is 12.6 Å². The van der Waals surface area contributed by atoms with Crippen LogP contribution in [-0.4, -0.2) is 47.3 Å². The Morgan fingerprint density at radius 3 is 2.67 bits per heavy atom. The molecule has 1 aliphatic rings. The van der Waals surface area contributed by atoms with Crippen molar-refractivity contribution in [3.8, 4) is 5.75 Å².